The third-order valence-corrected chi connectivity index (χ3v) is 7.77. The molecule has 0 radical (unpaired) electrons. The third kappa shape index (κ3) is 3.73. The number of aromatic hydroxyl groups is 2. The highest BCUT2D eigenvalue weighted by Crippen LogP contribution is 2.55. The summed E-state index contributed by atoms with van der Waals surface area (Å²) in [5.74, 6) is 1.21. The minimum absolute atomic E-state index is 0.0310. The van der Waals surface area contributed by atoms with Crippen LogP contribution in [-0.2, 0) is 17.6 Å². The summed E-state index contributed by atoms with van der Waals surface area (Å²) < 4.78 is 22.5. The van der Waals surface area contributed by atoms with E-state index in [0.29, 0.717) is 50.6 Å². The van der Waals surface area contributed by atoms with Crippen molar-refractivity contribution in [3.05, 3.63) is 33.4 Å². The second-order valence-electron chi connectivity index (χ2n) is 9.72. The second kappa shape index (κ2) is 9.83. The van der Waals surface area contributed by atoms with Crippen molar-refractivity contribution in [1.29, 1.82) is 0 Å². The summed E-state index contributed by atoms with van der Waals surface area (Å²) in [5, 5.41) is 33.4. The summed E-state index contributed by atoms with van der Waals surface area (Å²) >= 11 is 0. The Bertz CT molecular complexity index is 1240. The first-order chi connectivity index (χ1) is 17.6. The Hall–Kier alpha value is -3.37. The van der Waals surface area contributed by atoms with E-state index in [9.17, 15) is 20.1 Å². The molecule has 0 aliphatic carbocycles. The lowest BCUT2D eigenvalue weighted by Gasteiger charge is -2.47. The molecular formula is C27H36N2O8. The lowest BCUT2D eigenvalue weighted by Crippen LogP contribution is -2.52. The number of rotatable bonds is 6. The number of hydrogen-bond donors (Lipinski definition) is 3. The number of carbonyl (C=O) groups is 1. The van der Waals surface area contributed by atoms with E-state index in [1.54, 1.807) is 18.7 Å². The van der Waals surface area contributed by atoms with Crippen LogP contribution in [0, 0.1) is 13.8 Å². The summed E-state index contributed by atoms with van der Waals surface area (Å²) in [4.78, 5) is 17.6. The van der Waals surface area contributed by atoms with Crippen LogP contribution in [0.2, 0.25) is 0 Å². The van der Waals surface area contributed by atoms with Crippen LogP contribution in [-0.4, -0.2) is 86.2 Å². The Morgan fingerprint density at radius 2 is 1.43 bits per heavy atom. The number of carbonyl (C=O) groups excluding carboxylic acids is 1. The van der Waals surface area contributed by atoms with Crippen LogP contribution in [0.25, 0.3) is 0 Å². The predicted octanol–water partition coefficient (Wildman–Crippen LogP) is 2.39. The van der Waals surface area contributed by atoms with Gasteiger partial charge in [-0.15, -0.1) is 0 Å². The number of aliphatic hydroxyl groups is 1. The highest BCUT2D eigenvalue weighted by molar-refractivity contribution is 5.85. The molecule has 0 saturated heterocycles. The van der Waals surface area contributed by atoms with E-state index in [1.807, 2.05) is 19.0 Å². The number of methoxy groups -OCH3 is 4. The number of nitrogens with zero attached hydrogens (tertiary/aromatic N) is 2. The standard InChI is InChI=1S/C27H36N2O8/c1-12-22(32)14-9-16-21(28(3)4)20-15(24(34-5)13(2)25(35-6)23(20)33)10-18(31)29(16)17(11-30)19(14)27(37-8)26(12)36-7/h16-17,21,30,32-33H,9-11H2,1-8H3/t16-,17-,21?/m0/s1. The van der Waals surface area contributed by atoms with E-state index in [1.165, 1.54) is 28.4 Å². The smallest absolute Gasteiger partial charge is 0.228 e. The van der Waals surface area contributed by atoms with E-state index >= 15 is 0 Å². The molecule has 10 heteroatoms. The van der Waals surface area contributed by atoms with Gasteiger partial charge < -0.3 is 44.1 Å². The molecular weight excluding hydrogens is 480 g/mol. The van der Waals surface area contributed by atoms with E-state index in [-0.39, 0.29) is 36.0 Å². The van der Waals surface area contributed by atoms with Crippen molar-refractivity contribution >= 4 is 5.91 Å². The highest BCUT2D eigenvalue weighted by atomic mass is 16.5. The van der Waals surface area contributed by atoms with Crippen LogP contribution in [0.4, 0.5) is 0 Å². The van der Waals surface area contributed by atoms with E-state index in [0.717, 1.165) is 0 Å². The van der Waals surface area contributed by atoms with Gasteiger partial charge in [-0.05, 0) is 34.4 Å². The van der Waals surface area contributed by atoms with Crippen molar-refractivity contribution in [2.45, 2.75) is 44.8 Å². The molecule has 0 fully saturated rings. The lowest BCUT2D eigenvalue weighted by molar-refractivity contribution is -0.139. The zero-order valence-corrected chi connectivity index (χ0v) is 22.6. The fourth-order valence-corrected chi connectivity index (χ4v) is 6.33. The average molecular weight is 517 g/mol. The summed E-state index contributed by atoms with van der Waals surface area (Å²) in [6.45, 7) is 3.10. The normalized spacial score (nSPS) is 20.6. The Kier molecular flexibility index (Phi) is 7.09. The van der Waals surface area contributed by atoms with Crippen LogP contribution in [0.3, 0.4) is 0 Å². The molecule has 0 saturated carbocycles. The largest absolute Gasteiger partial charge is 0.507 e. The molecule has 0 aromatic heterocycles. The molecule has 37 heavy (non-hydrogen) atoms. The topological polar surface area (TPSA) is 121 Å². The van der Waals surface area contributed by atoms with Crippen molar-refractivity contribution in [3.8, 4) is 34.5 Å². The summed E-state index contributed by atoms with van der Waals surface area (Å²) in [7, 11) is 9.71. The van der Waals surface area contributed by atoms with Crippen molar-refractivity contribution < 1.29 is 39.1 Å². The van der Waals surface area contributed by atoms with Crippen LogP contribution in [0.1, 0.15) is 45.5 Å². The van der Waals surface area contributed by atoms with E-state index in [4.69, 9.17) is 18.9 Å². The molecule has 0 bridgehead atoms. The van der Waals surface area contributed by atoms with Gasteiger partial charge in [0.2, 0.25) is 5.91 Å². The molecule has 3 N–H and O–H groups in total. The maximum Gasteiger partial charge on any atom is 0.228 e. The predicted molar refractivity (Wildman–Crippen MR) is 136 cm³/mol. The number of phenolic OH excluding ortho intramolecular Hbond substituents is 2. The number of hydrogen-bond acceptors (Lipinski definition) is 9. The molecule has 1 unspecified atom stereocenters. The number of ether oxygens (including phenoxy) is 4. The molecule has 2 aromatic rings. The Morgan fingerprint density at radius 1 is 0.838 bits per heavy atom. The third-order valence-electron chi connectivity index (χ3n) is 7.77. The van der Waals surface area contributed by atoms with Gasteiger partial charge in [0.15, 0.2) is 23.0 Å². The summed E-state index contributed by atoms with van der Waals surface area (Å²) in [6, 6.07) is -1.87. The molecule has 202 valence electrons. The molecule has 10 nitrogen and oxygen atoms in total. The fourth-order valence-electron chi connectivity index (χ4n) is 6.33. The van der Waals surface area contributed by atoms with Gasteiger partial charge in [-0.1, -0.05) is 0 Å². The van der Waals surface area contributed by atoms with Crippen LogP contribution >= 0.6 is 0 Å². The molecule has 2 heterocycles. The molecule has 0 spiro atoms. The number of phenols is 2. The van der Waals surface area contributed by atoms with Crippen LogP contribution in [0.5, 0.6) is 34.5 Å². The number of amides is 1. The monoisotopic (exact) mass is 516 g/mol. The SMILES string of the molecule is COc1c(C)c(OC)c2c(c1O)C(N(C)C)[C@@H]1Cc3c(O)c(C)c(OC)c(OC)c3[C@H](CO)N1C(=O)C2. The van der Waals surface area contributed by atoms with Crippen molar-refractivity contribution in [2.75, 3.05) is 49.1 Å². The van der Waals surface area contributed by atoms with E-state index in [2.05, 4.69) is 0 Å². The van der Waals surface area contributed by atoms with Gasteiger partial charge in [0.05, 0.1) is 59.6 Å². The molecule has 1 amide bonds. The Balaban J connectivity index is 2.07. The van der Waals surface area contributed by atoms with Gasteiger partial charge in [0.25, 0.3) is 0 Å². The molecule has 3 atom stereocenters. The average Bonchev–Trinajstić information content (AvgIpc) is 2.99. The maximum atomic E-state index is 14.0. The van der Waals surface area contributed by atoms with Gasteiger partial charge in [-0.3, -0.25) is 4.79 Å². The quantitative estimate of drug-likeness (QED) is 0.531. The van der Waals surface area contributed by atoms with Gasteiger partial charge in [0.1, 0.15) is 11.5 Å². The number of fused-ring (bicyclic) bond motifs is 3. The zero-order chi connectivity index (χ0) is 27.3. The first-order valence-corrected chi connectivity index (χ1v) is 12.1. The maximum absolute atomic E-state index is 14.0. The van der Waals surface area contributed by atoms with Crippen LogP contribution in [0.15, 0.2) is 0 Å². The van der Waals surface area contributed by atoms with Gasteiger partial charge in [-0.25, -0.2) is 0 Å². The van der Waals surface area contributed by atoms with Crippen molar-refractivity contribution in [2.24, 2.45) is 0 Å². The second-order valence-corrected chi connectivity index (χ2v) is 9.72. The fraction of sp³-hybridized carbons (Fsp3) is 0.519. The number of benzene rings is 2. The lowest BCUT2D eigenvalue weighted by atomic mass is 9.80. The molecule has 4 rings (SSSR count). The summed E-state index contributed by atoms with van der Waals surface area (Å²) in [5.41, 5.74) is 3.29. The number of likely N-dealkylation sites (N-methyl/N-ethyl adjacent to an activating group) is 1. The Morgan fingerprint density at radius 3 is 1.95 bits per heavy atom. The van der Waals surface area contributed by atoms with Crippen molar-refractivity contribution in [3.63, 3.8) is 0 Å². The van der Waals surface area contributed by atoms with Gasteiger partial charge >= 0.3 is 0 Å². The van der Waals surface area contributed by atoms with Crippen molar-refractivity contribution in [1.82, 2.24) is 9.80 Å². The molecule has 2 aromatic carbocycles. The van der Waals surface area contributed by atoms with E-state index < -0.39 is 24.7 Å². The first-order valence-electron chi connectivity index (χ1n) is 12.1. The minimum Gasteiger partial charge on any atom is -0.507 e. The zero-order valence-electron chi connectivity index (χ0n) is 22.6. The van der Waals surface area contributed by atoms with Crippen LogP contribution < -0.4 is 18.9 Å². The first kappa shape index (κ1) is 26.7. The number of aliphatic hydroxyl groups excluding tert-OH is 1. The van der Waals surface area contributed by atoms with Gasteiger partial charge in [-0.2, -0.15) is 0 Å². The molecule has 2 aliphatic rings. The Labute approximate surface area is 216 Å². The minimum atomic E-state index is -0.815. The summed E-state index contributed by atoms with van der Waals surface area (Å²) in [6.07, 6.45) is 0.200. The molecule has 2 aliphatic heterocycles. The van der Waals surface area contributed by atoms with Gasteiger partial charge in [0, 0.05) is 33.4 Å². The highest BCUT2D eigenvalue weighted by Gasteiger charge is 2.49.